The summed E-state index contributed by atoms with van der Waals surface area (Å²) in [7, 11) is 0. The Bertz CT molecular complexity index is 2220. The van der Waals surface area contributed by atoms with Gasteiger partial charge in [-0.3, -0.25) is 15.0 Å². The fourth-order valence-electron chi connectivity index (χ4n) is 7.13. The third-order valence-electron chi connectivity index (χ3n) is 8.93. The molecule has 0 saturated heterocycles. The van der Waals surface area contributed by atoms with Crippen molar-refractivity contribution in [3.05, 3.63) is 132 Å². The van der Waals surface area contributed by atoms with Crippen molar-refractivity contribution in [3.8, 4) is 33.4 Å². The van der Waals surface area contributed by atoms with E-state index in [1.807, 2.05) is 24.5 Å². The van der Waals surface area contributed by atoms with Gasteiger partial charge < -0.3 is 0 Å². The first-order valence-electron chi connectivity index (χ1n) is 14.4. The van der Waals surface area contributed by atoms with Crippen LogP contribution in [0.15, 0.2) is 121 Å². The van der Waals surface area contributed by atoms with Crippen LogP contribution in [0.3, 0.4) is 0 Å². The summed E-state index contributed by atoms with van der Waals surface area (Å²) in [6.07, 6.45) is 3.68. The molecule has 0 spiro atoms. The quantitative estimate of drug-likeness (QED) is 0.165. The monoisotopic (exact) mass is 539 g/mol. The molecule has 200 valence electrons. The number of benzene rings is 5. The molecule has 42 heavy (non-hydrogen) atoms. The van der Waals surface area contributed by atoms with Crippen LogP contribution in [0.5, 0.6) is 0 Å². The van der Waals surface area contributed by atoms with Crippen molar-refractivity contribution in [1.82, 2.24) is 9.97 Å². The third-order valence-corrected chi connectivity index (χ3v) is 8.93. The molecule has 0 aliphatic heterocycles. The lowest BCUT2D eigenvalue weighted by molar-refractivity contribution is 0.666. The molecule has 0 unspecified atom stereocenters. The smallest absolute Gasteiger partial charge is 0.0970 e. The van der Waals surface area contributed by atoms with Crippen molar-refractivity contribution in [3.63, 3.8) is 0 Å². The Kier molecular flexibility index (Phi) is 5.39. The maximum absolute atomic E-state index is 4.76. The molecule has 7 aromatic rings. The van der Waals surface area contributed by atoms with Crippen LogP contribution in [0, 0.1) is 0 Å². The Morgan fingerprint density at radius 2 is 1.38 bits per heavy atom. The maximum atomic E-state index is 4.76. The fourth-order valence-corrected chi connectivity index (χ4v) is 7.13. The molecule has 1 aliphatic rings. The van der Waals surface area contributed by atoms with Gasteiger partial charge in [0.15, 0.2) is 0 Å². The number of hydrogen-bond donors (Lipinski definition) is 0. The van der Waals surface area contributed by atoms with E-state index in [0.717, 1.165) is 38.5 Å². The number of pyridine rings is 2. The summed E-state index contributed by atoms with van der Waals surface area (Å²) in [5.41, 5.74) is 13.0. The van der Waals surface area contributed by atoms with Gasteiger partial charge in [0.25, 0.3) is 0 Å². The molecule has 2 heterocycles. The number of nitrogens with zero attached hydrogens (tertiary/aromatic N) is 3. The maximum Gasteiger partial charge on any atom is 0.0970 e. The molecule has 0 atom stereocenters. The highest BCUT2D eigenvalue weighted by atomic mass is 14.7. The molecule has 8 rings (SSSR count). The van der Waals surface area contributed by atoms with Crippen LogP contribution in [0.1, 0.15) is 30.5 Å². The molecule has 5 aromatic carbocycles. The Morgan fingerprint density at radius 1 is 0.643 bits per heavy atom. The van der Waals surface area contributed by atoms with Crippen molar-refractivity contribution >= 4 is 39.3 Å². The Balaban J connectivity index is 1.41. The first-order valence-corrected chi connectivity index (χ1v) is 14.4. The largest absolute Gasteiger partial charge is 0.296 e. The molecule has 3 heteroatoms. The standard InChI is InChI=1S/C39H29N3/c1-39(2)34-14-6-12-29(35(34)32-16-15-25-9-4-5-11-30(25)36(32)39)27-19-24(23-40-3)20-28(21-27)33-22-26-10-7-17-41-37(26)38-31(33)13-8-18-42-38/h4-22H,3,23H2,1-2H3. The van der Waals surface area contributed by atoms with Crippen LogP contribution in [-0.4, -0.2) is 16.7 Å². The van der Waals surface area contributed by atoms with Gasteiger partial charge >= 0.3 is 0 Å². The zero-order valence-electron chi connectivity index (χ0n) is 23.7. The molecular formula is C39H29N3. The van der Waals surface area contributed by atoms with Crippen LogP contribution in [0.2, 0.25) is 0 Å². The van der Waals surface area contributed by atoms with Gasteiger partial charge in [-0.2, -0.15) is 0 Å². The van der Waals surface area contributed by atoms with Crippen molar-refractivity contribution in [2.24, 2.45) is 4.99 Å². The van der Waals surface area contributed by atoms with E-state index in [0.29, 0.717) is 6.54 Å². The molecule has 2 aromatic heterocycles. The van der Waals surface area contributed by atoms with Gasteiger partial charge in [-0.1, -0.05) is 80.6 Å². The number of aromatic nitrogens is 2. The van der Waals surface area contributed by atoms with Gasteiger partial charge in [0.05, 0.1) is 17.6 Å². The summed E-state index contributed by atoms with van der Waals surface area (Å²) < 4.78 is 0. The molecule has 0 saturated carbocycles. The topological polar surface area (TPSA) is 38.1 Å². The van der Waals surface area contributed by atoms with E-state index >= 15 is 0 Å². The normalized spacial score (nSPS) is 13.4. The van der Waals surface area contributed by atoms with E-state index in [4.69, 9.17) is 4.98 Å². The average Bonchev–Trinajstić information content (AvgIpc) is 3.27. The second-order valence-corrected chi connectivity index (χ2v) is 11.8. The minimum absolute atomic E-state index is 0.113. The van der Waals surface area contributed by atoms with Crippen molar-refractivity contribution in [1.29, 1.82) is 0 Å². The second kappa shape index (κ2) is 9.19. The predicted octanol–water partition coefficient (Wildman–Crippen LogP) is 9.78. The summed E-state index contributed by atoms with van der Waals surface area (Å²) in [4.78, 5) is 13.7. The molecule has 0 radical (unpaired) electrons. The summed E-state index contributed by atoms with van der Waals surface area (Å²) in [5.74, 6) is 0. The van der Waals surface area contributed by atoms with Crippen LogP contribution in [-0.2, 0) is 12.0 Å². The molecule has 0 bridgehead atoms. The van der Waals surface area contributed by atoms with Crippen molar-refractivity contribution in [2.45, 2.75) is 25.8 Å². The Hall–Kier alpha value is -5.15. The summed E-state index contributed by atoms with van der Waals surface area (Å²) in [5, 5.41) is 4.78. The zero-order chi connectivity index (χ0) is 28.4. The number of fused-ring (bicyclic) bond motifs is 8. The highest BCUT2D eigenvalue weighted by molar-refractivity contribution is 6.10. The van der Waals surface area contributed by atoms with Crippen LogP contribution in [0.25, 0.3) is 66.0 Å². The van der Waals surface area contributed by atoms with Crippen LogP contribution in [0.4, 0.5) is 0 Å². The summed E-state index contributed by atoms with van der Waals surface area (Å²) >= 11 is 0. The van der Waals surface area contributed by atoms with E-state index in [1.54, 1.807) is 0 Å². The van der Waals surface area contributed by atoms with E-state index in [9.17, 15) is 0 Å². The van der Waals surface area contributed by atoms with E-state index in [2.05, 4.69) is 122 Å². The van der Waals surface area contributed by atoms with Gasteiger partial charge in [-0.05, 0) is 104 Å². The Labute approximate surface area is 245 Å². The van der Waals surface area contributed by atoms with Gasteiger partial charge in [0.1, 0.15) is 0 Å². The highest BCUT2D eigenvalue weighted by Gasteiger charge is 2.38. The lowest BCUT2D eigenvalue weighted by Gasteiger charge is -2.23. The minimum Gasteiger partial charge on any atom is -0.296 e. The third kappa shape index (κ3) is 3.56. The molecule has 0 amide bonds. The zero-order valence-corrected chi connectivity index (χ0v) is 23.7. The van der Waals surface area contributed by atoms with E-state index < -0.39 is 0 Å². The van der Waals surface area contributed by atoms with Crippen LogP contribution < -0.4 is 0 Å². The summed E-state index contributed by atoms with van der Waals surface area (Å²) in [6, 6.07) is 37.5. The van der Waals surface area contributed by atoms with Gasteiger partial charge in [0, 0.05) is 28.6 Å². The highest BCUT2D eigenvalue weighted by Crippen LogP contribution is 2.54. The SMILES string of the molecule is C=NCc1cc(-c2cccc3c2-c2ccc4ccccc4c2C3(C)C)cc(-c2cc3cccnc3c3ncccc23)c1. The number of hydrogen-bond acceptors (Lipinski definition) is 3. The first kappa shape index (κ1) is 24.6. The average molecular weight is 540 g/mol. The van der Waals surface area contributed by atoms with Crippen LogP contribution >= 0.6 is 0 Å². The molecule has 3 nitrogen and oxygen atoms in total. The van der Waals surface area contributed by atoms with Gasteiger partial charge in [-0.15, -0.1) is 0 Å². The number of aliphatic imine (C=N–C) groups is 1. The lowest BCUT2D eigenvalue weighted by Crippen LogP contribution is -2.15. The van der Waals surface area contributed by atoms with E-state index in [-0.39, 0.29) is 5.41 Å². The van der Waals surface area contributed by atoms with E-state index in [1.165, 1.54) is 44.2 Å². The molecule has 0 fully saturated rings. The lowest BCUT2D eigenvalue weighted by atomic mass is 9.80. The van der Waals surface area contributed by atoms with Crippen molar-refractivity contribution in [2.75, 3.05) is 0 Å². The van der Waals surface area contributed by atoms with Gasteiger partial charge in [0.2, 0.25) is 0 Å². The predicted molar refractivity (Wildman–Crippen MR) is 176 cm³/mol. The Morgan fingerprint density at radius 3 is 2.24 bits per heavy atom. The minimum atomic E-state index is -0.113. The van der Waals surface area contributed by atoms with Crippen molar-refractivity contribution < 1.29 is 0 Å². The molecule has 1 aliphatic carbocycles. The molecular weight excluding hydrogens is 510 g/mol. The fraction of sp³-hybridized carbons (Fsp3) is 0.103. The van der Waals surface area contributed by atoms with Gasteiger partial charge in [-0.25, -0.2) is 0 Å². The first-order chi connectivity index (χ1) is 20.5. The number of rotatable bonds is 4. The summed E-state index contributed by atoms with van der Waals surface area (Å²) in [6.45, 7) is 9.09. The second-order valence-electron chi connectivity index (χ2n) is 11.8. The molecule has 0 N–H and O–H groups in total.